The maximum atomic E-state index is 15.8. The summed E-state index contributed by atoms with van der Waals surface area (Å²) in [6.45, 7) is -0.360. The molecule has 1 aliphatic heterocycles. The lowest BCUT2D eigenvalue weighted by atomic mass is 9.98. The zero-order valence-electron chi connectivity index (χ0n) is 23.7. The third-order valence-corrected chi connectivity index (χ3v) is 9.38. The fourth-order valence-corrected chi connectivity index (χ4v) is 7.15. The summed E-state index contributed by atoms with van der Waals surface area (Å²) in [6, 6.07) is 11.2. The molecule has 1 aliphatic rings. The second-order valence-electron chi connectivity index (χ2n) is 10.4. The Labute approximate surface area is 254 Å². The van der Waals surface area contributed by atoms with E-state index in [1.54, 1.807) is 38.1 Å². The Balaban J connectivity index is 1.47. The zero-order valence-corrected chi connectivity index (χ0v) is 25.4. The molecule has 3 heterocycles. The van der Waals surface area contributed by atoms with E-state index in [1.165, 1.54) is 6.92 Å². The molecule has 6 atom stereocenters. The van der Waals surface area contributed by atoms with Crippen LogP contribution in [0, 0.1) is 0 Å². The molecule has 2 aromatic heterocycles. The van der Waals surface area contributed by atoms with Gasteiger partial charge in [-0.25, -0.2) is 33.2 Å². The minimum absolute atomic E-state index is 0.0102. The first-order valence-corrected chi connectivity index (χ1v) is 16.1. The van der Waals surface area contributed by atoms with Gasteiger partial charge in [0.15, 0.2) is 29.5 Å². The molecule has 236 valence electrons. The fourth-order valence-electron chi connectivity index (χ4n) is 4.72. The number of esters is 1. The van der Waals surface area contributed by atoms with Crippen LogP contribution in [0.1, 0.15) is 27.0 Å². The van der Waals surface area contributed by atoms with Crippen molar-refractivity contribution in [3.05, 3.63) is 55.1 Å². The number of nitrogens with one attached hydrogen (secondary N) is 1. The number of ether oxygens (including phenoxy) is 2. The van der Waals surface area contributed by atoms with Gasteiger partial charge in [-0.05, 0) is 44.0 Å². The molecular weight excluding hydrogens is 624 g/mol. The molecule has 1 unspecified atom stereocenters. The predicted molar refractivity (Wildman–Crippen MR) is 158 cm³/mol. The summed E-state index contributed by atoms with van der Waals surface area (Å²) in [4.78, 5) is 24.5. The summed E-state index contributed by atoms with van der Waals surface area (Å²) in [6.07, 6.45) is -8.17. The number of anilines is 1. The van der Waals surface area contributed by atoms with Gasteiger partial charge < -0.3 is 29.4 Å². The minimum Gasteiger partial charge on any atom is -0.462 e. The van der Waals surface area contributed by atoms with E-state index in [0.29, 0.717) is 5.39 Å². The first-order valence-electron chi connectivity index (χ1n) is 13.5. The topological polar surface area (TPSA) is 156 Å². The van der Waals surface area contributed by atoms with Gasteiger partial charge in [0.1, 0.15) is 29.7 Å². The number of aliphatic hydroxyl groups excluding tert-OH is 1. The lowest BCUT2D eigenvalue weighted by Gasteiger charge is -2.33. The number of fused-ring (bicyclic) bond motifs is 2. The summed E-state index contributed by atoms with van der Waals surface area (Å²) in [5, 5.41) is 15.0. The van der Waals surface area contributed by atoms with Crippen molar-refractivity contribution >= 4 is 52.2 Å². The normalized spacial score (nSPS) is 24.2. The SMILES string of the molecule is CC(C)OC(=O)[C@H](C)NP(=S)(OC[C@@]1(C(F)F)O[C@@H](n2cnc3c(N)ncnc32)[C@H](O)[C@H]1F)Oc1cccc2ccccc12. The molecular formula is C27H30F3N6O6PS. The van der Waals surface area contributed by atoms with Gasteiger partial charge in [-0.2, -0.15) is 0 Å². The van der Waals surface area contributed by atoms with Crippen molar-refractivity contribution in [2.45, 2.75) is 63.4 Å². The van der Waals surface area contributed by atoms with E-state index >= 15 is 4.39 Å². The molecule has 17 heteroatoms. The lowest BCUT2D eigenvalue weighted by molar-refractivity contribution is -0.181. The maximum absolute atomic E-state index is 15.8. The van der Waals surface area contributed by atoms with E-state index in [2.05, 4.69) is 20.0 Å². The summed E-state index contributed by atoms with van der Waals surface area (Å²) in [7, 11) is 0. The number of hydrogen-bond donors (Lipinski definition) is 3. The second kappa shape index (κ2) is 12.5. The molecule has 0 amide bonds. The number of carbonyl (C=O) groups is 1. The summed E-state index contributed by atoms with van der Waals surface area (Å²) in [5.74, 6) is -0.477. The van der Waals surface area contributed by atoms with Crippen molar-refractivity contribution in [3.8, 4) is 5.75 Å². The first kappa shape index (κ1) is 32.0. The Kier molecular flexibility index (Phi) is 9.12. The number of halogens is 3. The van der Waals surface area contributed by atoms with Crippen LogP contribution in [0.15, 0.2) is 55.1 Å². The fraction of sp³-hybridized carbons (Fsp3) is 0.407. The van der Waals surface area contributed by atoms with E-state index in [4.69, 9.17) is 36.1 Å². The highest BCUT2D eigenvalue weighted by Crippen LogP contribution is 2.51. The van der Waals surface area contributed by atoms with Crippen LogP contribution in [-0.4, -0.2) is 73.6 Å². The molecule has 4 N–H and O–H groups in total. The average molecular weight is 655 g/mol. The molecule has 44 heavy (non-hydrogen) atoms. The van der Waals surface area contributed by atoms with Gasteiger partial charge in [0, 0.05) is 5.39 Å². The Morgan fingerprint density at radius 1 is 1.20 bits per heavy atom. The van der Waals surface area contributed by atoms with Crippen LogP contribution in [0.3, 0.4) is 0 Å². The third-order valence-electron chi connectivity index (χ3n) is 6.92. The highest BCUT2D eigenvalue weighted by atomic mass is 32.5. The quantitative estimate of drug-likeness (QED) is 0.158. The Morgan fingerprint density at radius 3 is 2.66 bits per heavy atom. The monoisotopic (exact) mass is 654 g/mol. The van der Waals surface area contributed by atoms with E-state index in [9.17, 15) is 18.7 Å². The number of aromatic nitrogens is 4. The van der Waals surface area contributed by atoms with Crippen LogP contribution in [0.2, 0.25) is 0 Å². The molecule has 2 aromatic carbocycles. The van der Waals surface area contributed by atoms with Crippen molar-refractivity contribution in [1.82, 2.24) is 24.6 Å². The third kappa shape index (κ3) is 6.10. The minimum atomic E-state index is -3.94. The molecule has 12 nitrogen and oxygen atoms in total. The Bertz CT molecular complexity index is 1710. The molecule has 1 fully saturated rings. The number of nitrogen functional groups attached to an aromatic ring is 1. The van der Waals surface area contributed by atoms with Gasteiger partial charge in [-0.15, -0.1) is 0 Å². The molecule has 4 aromatic rings. The molecule has 0 radical (unpaired) electrons. The van der Waals surface area contributed by atoms with E-state index < -0.39 is 61.9 Å². The van der Waals surface area contributed by atoms with Gasteiger partial charge in [-0.3, -0.25) is 9.36 Å². The van der Waals surface area contributed by atoms with Gasteiger partial charge in [-0.1, -0.05) is 36.4 Å². The number of nitrogens with zero attached hydrogens (tertiary/aromatic N) is 4. The van der Waals surface area contributed by atoms with Crippen LogP contribution in [0.5, 0.6) is 5.75 Å². The maximum Gasteiger partial charge on any atom is 0.323 e. The summed E-state index contributed by atoms with van der Waals surface area (Å²) >= 11 is 5.70. The number of aliphatic hydroxyl groups is 1. The van der Waals surface area contributed by atoms with E-state index in [1.807, 2.05) is 18.2 Å². The number of imidazole rings is 1. The summed E-state index contributed by atoms with van der Waals surface area (Å²) in [5.41, 5.74) is 2.94. The van der Waals surface area contributed by atoms with Crippen molar-refractivity contribution < 1.29 is 41.6 Å². The van der Waals surface area contributed by atoms with E-state index in [0.717, 1.165) is 22.6 Å². The molecule has 0 spiro atoms. The smallest absolute Gasteiger partial charge is 0.323 e. The van der Waals surface area contributed by atoms with Crippen LogP contribution in [0.25, 0.3) is 21.9 Å². The van der Waals surface area contributed by atoms with Crippen molar-refractivity contribution in [2.75, 3.05) is 12.3 Å². The standard InChI is InChI=1S/C27H30F3N6O6PS/c1-14(2)40-25(38)15(3)35-43(44,42-18-10-6-8-16-7-4-5-9-17(16)18)39-11-27(26(29)30)21(28)20(37)24(41-27)36-13-34-19-22(31)32-12-33-23(19)36/h4-10,12-15,20-21,24,26,37H,11H2,1-3H3,(H,35,44)(H2,31,32,33)/t15-,20+,21+,24+,27+,43?/m0/s1. The van der Waals surface area contributed by atoms with Crippen LogP contribution in [0.4, 0.5) is 19.0 Å². The molecule has 0 aliphatic carbocycles. The van der Waals surface area contributed by atoms with Crippen molar-refractivity contribution in [1.29, 1.82) is 0 Å². The number of benzene rings is 2. The first-order chi connectivity index (χ1) is 20.8. The number of nitrogens with two attached hydrogens (primary N) is 1. The van der Waals surface area contributed by atoms with Gasteiger partial charge in [0.05, 0.1) is 19.0 Å². The zero-order chi connectivity index (χ0) is 31.8. The predicted octanol–water partition coefficient (Wildman–Crippen LogP) is 4.04. The van der Waals surface area contributed by atoms with Crippen molar-refractivity contribution in [3.63, 3.8) is 0 Å². The summed E-state index contributed by atoms with van der Waals surface area (Å²) < 4.78 is 69.1. The number of hydrogen-bond acceptors (Lipinski definition) is 11. The van der Waals surface area contributed by atoms with Crippen LogP contribution >= 0.6 is 6.64 Å². The molecule has 0 bridgehead atoms. The largest absolute Gasteiger partial charge is 0.462 e. The number of rotatable bonds is 11. The molecule has 1 saturated heterocycles. The van der Waals surface area contributed by atoms with Crippen LogP contribution in [-0.2, 0) is 30.6 Å². The second-order valence-corrected chi connectivity index (χ2v) is 13.6. The Hall–Kier alpha value is -3.40. The van der Waals surface area contributed by atoms with Crippen molar-refractivity contribution in [2.24, 2.45) is 0 Å². The van der Waals surface area contributed by atoms with Crippen LogP contribution < -0.4 is 15.3 Å². The number of carbonyl (C=O) groups excluding carboxylic acids is 1. The lowest BCUT2D eigenvalue weighted by Crippen LogP contribution is -2.51. The number of alkyl halides is 3. The Morgan fingerprint density at radius 2 is 1.93 bits per heavy atom. The highest BCUT2D eigenvalue weighted by molar-refractivity contribution is 8.09. The van der Waals surface area contributed by atoms with Gasteiger partial charge in [0.25, 0.3) is 6.43 Å². The molecule has 5 rings (SSSR count). The van der Waals surface area contributed by atoms with E-state index in [-0.39, 0.29) is 22.7 Å². The highest BCUT2D eigenvalue weighted by Gasteiger charge is 2.62. The average Bonchev–Trinajstić information content (AvgIpc) is 3.52. The van der Waals surface area contributed by atoms with Gasteiger partial charge >= 0.3 is 12.6 Å². The molecule has 0 saturated carbocycles. The van der Waals surface area contributed by atoms with Gasteiger partial charge in [0.2, 0.25) is 0 Å².